The molecule has 0 bridgehead atoms. The number of amides is 1. The Morgan fingerprint density at radius 1 is 1.21 bits per heavy atom. The zero-order chi connectivity index (χ0) is 20.4. The van der Waals surface area contributed by atoms with Crippen LogP contribution in [-0.2, 0) is 0 Å². The summed E-state index contributed by atoms with van der Waals surface area (Å²) >= 11 is 3.44. The van der Waals surface area contributed by atoms with E-state index in [4.69, 9.17) is 9.15 Å². The molecule has 1 N–H and O–H groups in total. The van der Waals surface area contributed by atoms with Crippen LogP contribution in [0.15, 0.2) is 63.6 Å². The van der Waals surface area contributed by atoms with E-state index in [-0.39, 0.29) is 5.91 Å². The largest absolute Gasteiger partial charge is 0.493 e. The van der Waals surface area contributed by atoms with Crippen LogP contribution >= 0.6 is 15.9 Å². The second kappa shape index (κ2) is 8.05. The molecule has 0 aliphatic rings. The second-order valence-electron chi connectivity index (χ2n) is 6.35. The van der Waals surface area contributed by atoms with E-state index in [1.54, 1.807) is 30.5 Å². The molecule has 7 heteroatoms. The lowest BCUT2D eigenvalue weighted by molar-refractivity contribution is 0.102. The molecule has 0 atom stereocenters. The fraction of sp³-hybridized carbons (Fsp3) is 0.136. The Kier molecular flexibility index (Phi) is 5.31. The van der Waals surface area contributed by atoms with Crippen LogP contribution in [0.5, 0.6) is 5.75 Å². The minimum Gasteiger partial charge on any atom is -0.493 e. The SMILES string of the molecule is CCOc1ccc(C(=O)Nc2cccc(-c3nc4ncccc4o3)c2C)cc1Br. The maximum Gasteiger partial charge on any atom is 0.255 e. The second-order valence-corrected chi connectivity index (χ2v) is 7.21. The van der Waals surface area contributed by atoms with Gasteiger partial charge in [0.2, 0.25) is 5.89 Å². The smallest absolute Gasteiger partial charge is 0.255 e. The summed E-state index contributed by atoms with van der Waals surface area (Å²) in [6.07, 6.45) is 1.67. The van der Waals surface area contributed by atoms with Crippen molar-refractivity contribution in [2.24, 2.45) is 0 Å². The van der Waals surface area contributed by atoms with E-state index in [2.05, 4.69) is 31.2 Å². The van der Waals surface area contributed by atoms with Gasteiger partial charge in [-0.1, -0.05) is 6.07 Å². The topological polar surface area (TPSA) is 77.2 Å². The van der Waals surface area contributed by atoms with Crippen LogP contribution in [-0.4, -0.2) is 22.5 Å². The first-order chi connectivity index (χ1) is 14.1. The van der Waals surface area contributed by atoms with Gasteiger partial charge in [-0.2, -0.15) is 4.98 Å². The minimum absolute atomic E-state index is 0.215. The lowest BCUT2D eigenvalue weighted by Gasteiger charge is -2.12. The number of rotatable bonds is 5. The molecule has 0 spiro atoms. The van der Waals surface area contributed by atoms with Crippen molar-refractivity contribution in [3.05, 3.63) is 70.3 Å². The number of hydrogen-bond donors (Lipinski definition) is 1. The van der Waals surface area contributed by atoms with Crippen LogP contribution < -0.4 is 10.1 Å². The molecule has 2 aromatic carbocycles. The number of benzene rings is 2. The number of hydrogen-bond acceptors (Lipinski definition) is 5. The van der Waals surface area contributed by atoms with Gasteiger partial charge in [0, 0.05) is 23.0 Å². The van der Waals surface area contributed by atoms with Gasteiger partial charge in [-0.25, -0.2) is 4.98 Å². The highest BCUT2D eigenvalue weighted by molar-refractivity contribution is 9.10. The molecule has 146 valence electrons. The quantitative estimate of drug-likeness (QED) is 0.426. The molecule has 0 fully saturated rings. The van der Waals surface area contributed by atoms with E-state index in [0.717, 1.165) is 15.6 Å². The lowest BCUT2D eigenvalue weighted by atomic mass is 10.1. The fourth-order valence-electron chi connectivity index (χ4n) is 3.00. The summed E-state index contributed by atoms with van der Waals surface area (Å²) in [4.78, 5) is 21.4. The van der Waals surface area contributed by atoms with Gasteiger partial charge in [0.1, 0.15) is 5.75 Å². The molecule has 0 saturated heterocycles. The Balaban J connectivity index is 1.62. The number of aromatic nitrogens is 2. The van der Waals surface area contributed by atoms with Gasteiger partial charge in [-0.05, 0) is 77.8 Å². The molecule has 2 heterocycles. The van der Waals surface area contributed by atoms with Crippen molar-refractivity contribution in [3.63, 3.8) is 0 Å². The Labute approximate surface area is 176 Å². The van der Waals surface area contributed by atoms with Gasteiger partial charge in [0.25, 0.3) is 5.91 Å². The maximum absolute atomic E-state index is 12.8. The zero-order valence-electron chi connectivity index (χ0n) is 15.9. The summed E-state index contributed by atoms with van der Waals surface area (Å²) < 4.78 is 12.1. The molecule has 6 nitrogen and oxygen atoms in total. The number of halogens is 1. The molecule has 0 unspecified atom stereocenters. The van der Waals surface area contributed by atoms with Crippen molar-refractivity contribution in [1.29, 1.82) is 0 Å². The molecule has 2 aromatic heterocycles. The summed E-state index contributed by atoms with van der Waals surface area (Å²) in [5.41, 5.74) is 4.04. The van der Waals surface area contributed by atoms with Crippen molar-refractivity contribution in [1.82, 2.24) is 9.97 Å². The van der Waals surface area contributed by atoms with Crippen LogP contribution in [0.25, 0.3) is 22.7 Å². The van der Waals surface area contributed by atoms with Crippen LogP contribution in [0.4, 0.5) is 5.69 Å². The minimum atomic E-state index is -0.215. The molecule has 4 rings (SSSR count). The Morgan fingerprint density at radius 2 is 2.07 bits per heavy atom. The molecular weight excluding hydrogens is 434 g/mol. The van der Waals surface area contributed by atoms with Crippen molar-refractivity contribution < 1.29 is 13.9 Å². The molecule has 29 heavy (non-hydrogen) atoms. The Morgan fingerprint density at radius 3 is 2.83 bits per heavy atom. The average Bonchev–Trinajstić information content (AvgIpc) is 3.15. The number of ether oxygens (including phenoxy) is 1. The Bertz CT molecular complexity index is 1170. The molecule has 0 aliphatic heterocycles. The van der Waals surface area contributed by atoms with Crippen LogP contribution in [0.2, 0.25) is 0 Å². The third-order valence-electron chi connectivity index (χ3n) is 4.47. The third kappa shape index (κ3) is 3.86. The molecular formula is C22H18BrN3O3. The molecule has 0 saturated carbocycles. The van der Waals surface area contributed by atoms with Gasteiger partial charge in [0.15, 0.2) is 11.2 Å². The summed E-state index contributed by atoms with van der Waals surface area (Å²) in [5.74, 6) is 0.955. The van der Waals surface area contributed by atoms with E-state index < -0.39 is 0 Å². The zero-order valence-corrected chi connectivity index (χ0v) is 17.5. The highest BCUT2D eigenvalue weighted by atomic mass is 79.9. The van der Waals surface area contributed by atoms with Crippen LogP contribution in [0.1, 0.15) is 22.8 Å². The number of nitrogens with zero attached hydrogens (tertiary/aromatic N) is 2. The summed E-state index contributed by atoms with van der Waals surface area (Å²) in [5, 5.41) is 2.96. The average molecular weight is 452 g/mol. The number of carbonyl (C=O) groups excluding carboxylic acids is 1. The van der Waals surface area contributed by atoms with Gasteiger partial charge >= 0.3 is 0 Å². The molecule has 0 aliphatic carbocycles. The number of carbonyl (C=O) groups is 1. The van der Waals surface area contributed by atoms with Crippen LogP contribution in [0, 0.1) is 6.92 Å². The lowest BCUT2D eigenvalue weighted by Crippen LogP contribution is -2.13. The monoisotopic (exact) mass is 451 g/mol. The van der Waals surface area contributed by atoms with Crippen molar-refractivity contribution >= 4 is 38.8 Å². The van der Waals surface area contributed by atoms with Crippen LogP contribution in [0.3, 0.4) is 0 Å². The Hall–Kier alpha value is -3.19. The van der Waals surface area contributed by atoms with Crippen molar-refractivity contribution in [2.45, 2.75) is 13.8 Å². The van der Waals surface area contributed by atoms with E-state index in [1.807, 2.05) is 38.1 Å². The highest BCUT2D eigenvalue weighted by Crippen LogP contribution is 2.31. The number of pyridine rings is 1. The molecule has 4 aromatic rings. The number of anilines is 1. The first-order valence-electron chi connectivity index (χ1n) is 9.12. The highest BCUT2D eigenvalue weighted by Gasteiger charge is 2.15. The van der Waals surface area contributed by atoms with E-state index in [9.17, 15) is 4.79 Å². The predicted octanol–water partition coefficient (Wildman–Crippen LogP) is 5.61. The molecule has 1 amide bonds. The summed E-state index contributed by atoms with van der Waals surface area (Å²) in [6, 6.07) is 14.5. The van der Waals surface area contributed by atoms with E-state index in [1.165, 1.54) is 0 Å². The normalized spacial score (nSPS) is 10.9. The van der Waals surface area contributed by atoms with Crippen molar-refractivity contribution in [2.75, 3.05) is 11.9 Å². The number of oxazole rings is 1. The first-order valence-corrected chi connectivity index (χ1v) is 9.91. The molecule has 0 radical (unpaired) electrons. The maximum atomic E-state index is 12.8. The number of fused-ring (bicyclic) bond motifs is 1. The van der Waals surface area contributed by atoms with Crippen molar-refractivity contribution in [3.8, 4) is 17.2 Å². The summed E-state index contributed by atoms with van der Waals surface area (Å²) in [7, 11) is 0. The standard InChI is InChI=1S/C22H18BrN3O3/c1-3-28-18-10-9-14(12-16(18)23)21(27)25-17-7-4-6-15(13(17)2)22-26-20-19(29-22)8-5-11-24-20/h4-12H,3H2,1-2H3,(H,25,27). The predicted molar refractivity (Wildman–Crippen MR) is 115 cm³/mol. The van der Waals surface area contributed by atoms with Gasteiger partial charge < -0.3 is 14.5 Å². The van der Waals surface area contributed by atoms with Gasteiger partial charge in [-0.15, -0.1) is 0 Å². The van der Waals surface area contributed by atoms with Gasteiger partial charge in [0.05, 0.1) is 11.1 Å². The fourth-order valence-corrected chi connectivity index (χ4v) is 3.49. The summed E-state index contributed by atoms with van der Waals surface area (Å²) in [6.45, 7) is 4.39. The van der Waals surface area contributed by atoms with E-state index in [0.29, 0.717) is 40.7 Å². The van der Waals surface area contributed by atoms with Gasteiger partial charge in [-0.3, -0.25) is 4.79 Å². The number of nitrogens with one attached hydrogen (secondary N) is 1. The van der Waals surface area contributed by atoms with E-state index >= 15 is 0 Å². The third-order valence-corrected chi connectivity index (χ3v) is 5.09. The first kappa shape index (κ1) is 19.1.